The zero-order valence-electron chi connectivity index (χ0n) is 11.2. The molecule has 1 heterocycles. The number of nitrogen functional groups attached to an aromatic ring is 1. The van der Waals surface area contributed by atoms with Crippen LogP contribution in [0.5, 0.6) is 0 Å². The molecule has 0 atom stereocenters. The summed E-state index contributed by atoms with van der Waals surface area (Å²) in [5.74, 6) is 0.661. The van der Waals surface area contributed by atoms with Crippen molar-refractivity contribution in [2.75, 3.05) is 23.9 Å². The molecule has 5 heteroatoms. The summed E-state index contributed by atoms with van der Waals surface area (Å²) < 4.78 is 0.210. The van der Waals surface area contributed by atoms with E-state index < -0.39 is 0 Å². The van der Waals surface area contributed by atoms with Gasteiger partial charge in [-0.2, -0.15) is 17.0 Å². The molecule has 0 aromatic carbocycles. The number of pyridine rings is 1. The van der Waals surface area contributed by atoms with Crippen molar-refractivity contribution < 1.29 is 0 Å². The summed E-state index contributed by atoms with van der Waals surface area (Å²) in [7, 11) is 0. The molecule has 0 bridgehead atoms. The Hall–Kier alpha value is -1.41. The second-order valence-electron chi connectivity index (χ2n) is 4.22. The lowest BCUT2D eigenvalue weighted by Crippen LogP contribution is -2.32. The Morgan fingerprint density at radius 3 is 2.61 bits per heavy atom. The Morgan fingerprint density at radius 1 is 1.50 bits per heavy atom. The topological polar surface area (TPSA) is 74.7 Å². The molecule has 98 valence electrons. The van der Waals surface area contributed by atoms with Crippen LogP contribution in [0.2, 0.25) is 0 Å². The fraction of sp³-hybridized carbons (Fsp3) is 0.538. The van der Waals surface area contributed by atoms with E-state index in [1.165, 1.54) is 6.20 Å². The summed E-state index contributed by atoms with van der Waals surface area (Å²) in [6, 6.07) is 3.67. The third kappa shape index (κ3) is 3.30. The average Bonchev–Trinajstić information content (AvgIpc) is 2.42. The van der Waals surface area contributed by atoms with Crippen LogP contribution in [0.4, 0.5) is 11.5 Å². The SMILES string of the molecule is CCC(CC)(CNc1ncc(C#N)cc1N)SC. The Labute approximate surface area is 113 Å². The first-order valence-corrected chi connectivity index (χ1v) is 7.28. The number of nitrogens with two attached hydrogens (primary N) is 1. The summed E-state index contributed by atoms with van der Waals surface area (Å²) in [6.07, 6.45) is 5.85. The van der Waals surface area contributed by atoms with Crippen molar-refractivity contribution in [2.24, 2.45) is 0 Å². The molecule has 0 spiro atoms. The molecule has 18 heavy (non-hydrogen) atoms. The quantitative estimate of drug-likeness (QED) is 0.826. The number of nitriles is 1. The highest BCUT2D eigenvalue weighted by molar-refractivity contribution is 8.00. The monoisotopic (exact) mass is 264 g/mol. The molecule has 1 rings (SSSR count). The van der Waals surface area contributed by atoms with E-state index in [2.05, 4.69) is 30.4 Å². The Bertz CT molecular complexity index is 427. The fourth-order valence-corrected chi connectivity index (χ4v) is 2.59. The zero-order valence-corrected chi connectivity index (χ0v) is 12.0. The zero-order chi connectivity index (χ0) is 13.6. The molecule has 0 aliphatic rings. The van der Waals surface area contributed by atoms with Crippen molar-refractivity contribution in [1.82, 2.24) is 4.98 Å². The van der Waals surface area contributed by atoms with Crippen molar-refractivity contribution in [1.29, 1.82) is 5.26 Å². The van der Waals surface area contributed by atoms with Gasteiger partial charge in [-0.25, -0.2) is 4.98 Å². The molecule has 0 fully saturated rings. The van der Waals surface area contributed by atoms with Crippen molar-refractivity contribution in [2.45, 2.75) is 31.4 Å². The van der Waals surface area contributed by atoms with Gasteiger partial charge in [-0.15, -0.1) is 0 Å². The number of rotatable bonds is 6. The van der Waals surface area contributed by atoms with E-state index in [1.807, 2.05) is 17.8 Å². The number of anilines is 2. The van der Waals surface area contributed by atoms with E-state index in [0.29, 0.717) is 17.1 Å². The van der Waals surface area contributed by atoms with E-state index in [-0.39, 0.29) is 4.75 Å². The summed E-state index contributed by atoms with van der Waals surface area (Å²) in [4.78, 5) is 4.19. The van der Waals surface area contributed by atoms with E-state index in [1.54, 1.807) is 6.07 Å². The number of nitrogens with zero attached hydrogens (tertiary/aromatic N) is 2. The van der Waals surface area contributed by atoms with E-state index >= 15 is 0 Å². The van der Waals surface area contributed by atoms with E-state index in [0.717, 1.165) is 19.4 Å². The van der Waals surface area contributed by atoms with Crippen molar-refractivity contribution >= 4 is 23.3 Å². The minimum atomic E-state index is 0.210. The molecule has 0 amide bonds. The standard InChI is InChI=1S/C13H20N4S/c1-4-13(5-2,18-3)9-17-12-11(15)6-10(7-14)8-16-12/h6,8H,4-5,9,15H2,1-3H3,(H,16,17). The largest absolute Gasteiger partial charge is 0.396 e. The van der Waals surface area contributed by atoms with Crippen LogP contribution in [0, 0.1) is 11.3 Å². The fourth-order valence-electron chi connectivity index (χ4n) is 1.80. The molecule has 1 aromatic heterocycles. The Morgan fingerprint density at radius 2 is 2.17 bits per heavy atom. The van der Waals surface area contributed by atoms with Crippen molar-refractivity contribution in [3.63, 3.8) is 0 Å². The Balaban J connectivity index is 2.77. The molecule has 0 aliphatic carbocycles. The predicted octanol–water partition coefficient (Wildman–Crippen LogP) is 2.87. The Kier molecular flexibility index (Phi) is 5.29. The molecule has 0 aliphatic heterocycles. The lowest BCUT2D eigenvalue weighted by molar-refractivity contribution is 0.574. The van der Waals surface area contributed by atoms with Gasteiger partial charge in [-0.05, 0) is 25.2 Å². The lowest BCUT2D eigenvalue weighted by atomic mass is 10.0. The third-order valence-corrected chi connectivity index (χ3v) is 4.93. The number of thioether (sulfide) groups is 1. The van der Waals surface area contributed by atoms with Crippen LogP contribution in [0.3, 0.4) is 0 Å². The van der Waals surface area contributed by atoms with Gasteiger partial charge in [-0.1, -0.05) is 13.8 Å². The van der Waals surface area contributed by atoms with Gasteiger partial charge < -0.3 is 11.1 Å². The normalized spacial score (nSPS) is 11.0. The maximum Gasteiger partial charge on any atom is 0.149 e. The van der Waals surface area contributed by atoms with Crippen molar-refractivity contribution in [3.05, 3.63) is 17.8 Å². The molecular formula is C13H20N4S. The smallest absolute Gasteiger partial charge is 0.149 e. The first kappa shape index (κ1) is 14.7. The van der Waals surface area contributed by atoms with Crippen LogP contribution in [-0.4, -0.2) is 22.5 Å². The summed E-state index contributed by atoms with van der Waals surface area (Å²) >= 11 is 1.87. The predicted molar refractivity (Wildman–Crippen MR) is 78.7 cm³/mol. The number of hydrogen-bond acceptors (Lipinski definition) is 5. The highest BCUT2D eigenvalue weighted by Gasteiger charge is 2.24. The third-order valence-electron chi connectivity index (χ3n) is 3.35. The van der Waals surface area contributed by atoms with Gasteiger partial charge in [0, 0.05) is 17.5 Å². The maximum atomic E-state index is 8.76. The van der Waals surface area contributed by atoms with Gasteiger partial charge in [0.2, 0.25) is 0 Å². The van der Waals surface area contributed by atoms with Crippen LogP contribution in [-0.2, 0) is 0 Å². The van der Waals surface area contributed by atoms with E-state index in [4.69, 9.17) is 11.0 Å². The number of aromatic nitrogens is 1. The highest BCUT2D eigenvalue weighted by Crippen LogP contribution is 2.31. The van der Waals surface area contributed by atoms with Gasteiger partial charge in [0.05, 0.1) is 11.3 Å². The molecule has 3 N–H and O–H groups in total. The molecule has 0 saturated carbocycles. The molecule has 0 unspecified atom stereocenters. The van der Waals surface area contributed by atoms with Crippen LogP contribution < -0.4 is 11.1 Å². The lowest BCUT2D eigenvalue weighted by Gasteiger charge is -2.30. The number of nitrogens with one attached hydrogen (secondary N) is 1. The van der Waals surface area contributed by atoms with Gasteiger partial charge in [0.25, 0.3) is 0 Å². The van der Waals surface area contributed by atoms with Crippen LogP contribution in [0.25, 0.3) is 0 Å². The minimum absolute atomic E-state index is 0.210. The van der Waals surface area contributed by atoms with E-state index in [9.17, 15) is 0 Å². The van der Waals surface area contributed by atoms with Gasteiger partial charge in [-0.3, -0.25) is 0 Å². The summed E-state index contributed by atoms with van der Waals surface area (Å²) in [5.41, 5.74) is 6.88. The maximum absolute atomic E-state index is 8.76. The van der Waals surface area contributed by atoms with Crippen LogP contribution >= 0.6 is 11.8 Å². The van der Waals surface area contributed by atoms with Gasteiger partial charge >= 0.3 is 0 Å². The van der Waals surface area contributed by atoms with Crippen LogP contribution in [0.1, 0.15) is 32.3 Å². The second-order valence-corrected chi connectivity index (χ2v) is 5.50. The second kappa shape index (κ2) is 6.50. The summed E-state index contributed by atoms with van der Waals surface area (Å²) in [6.45, 7) is 5.21. The highest BCUT2D eigenvalue weighted by atomic mass is 32.2. The average molecular weight is 264 g/mol. The van der Waals surface area contributed by atoms with Gasteiger partial charge in [0.1, 0.15) is 11.9 Å². The molecular weight excluding hydrogens is 244 g/mol. The van der Waals surface area contributed by atoms with Crippen molar-refractivity contribution in [3.8, 4) is 6.07 Å². The molecule has 1 aromatic rings. The molecule has 0 radical (unpaired) electrons. The summed E-state index contributed by atoms with van der Waals surface area (Å²) in [5, 5.41) is 12.0. The first-order chi connectivity index (χ1) is 8.60. The minimum Gasteiger partial charge on any atom is -0.396 e. The van der Waals surface area contributed by atoms with Crippen LogP contribution in [0.15, 0.2) is 12.3 Å². The molecule has 0 saturated heterocycles. The van der Waals surface area contributed by atoms with Gasteiger partial charge in [0.15, 0.2) is 0 Å². The molecule has 4 nitrogen and oxygen atoms in total. The number of hydrogen-bond donors (Lipinski definition) is 2. The first-order valence-electron chi connectivity index (χ1n) is 6.05.